The Kier molecular flexibility index (Phi) is 5.46. The quantitative estimate of drug-likeness (QED) is 0.579. The number of hydrogen-bond acceptors (Lipinski definition) is 4. The Morgan fingerprint density at radius 2 is 2.13 bits per heavy atom. The van der Waals surface area contributed by atoms with Crippen LogP contribution < -0.4 is 9.47 Å². The number of allylic oxidation sites excluding steroid dienone is 1. The Morgan fingerprint density at radius 1 is 1.35 bits per heavy atom. The molecular weight excluding hydrogens is 306 g/mol. The largest absolute Gasteiger partial charge is 0.493 e. The molecule has 0 aliphatic heterocycles. The molecule has 23 heavy (non-hydrogen) atoms. The van der Waals surface area contributed by atoms with E-state index in [2.05, 4.69) is 9.84 Å². The molecule has 1 aromatic carbocycles. The van der Waals surface area contributed by atoms with Crippen molar-refractivity contribution in [3.63, 3.8) is 0 Å². The molecule has 0 N–H and O–H groups in total. The van der Waals surface area contributed by atoms with Crippen LogP contribution >= 0.6 is 0 Å². The molecule has 0 saturated carbocycles. The van der Waals surface area contributed by atoms with Gasteiger partial charge in [0.2, 0.25) is 5.78 Å². The molecule has 0 fully saturated rings. The monoisotopic (exact) mass is 322 g/mol. The number of aromatic nitrogens is 2. The number of ketones is 1. The highest BCUT2D eigenvalue weighted by Gasteiger charge is 2.11. The summed E-state index contributed by atoms with van der Waals surface area (Å²) in [5.74, 6) is -0.0928. The molecule has 0 atom stereocenters. The van der Waals surface area contributed by atoms with Crippen LogP contribution in [0.2, 0.25) is 0 Å². The summed E-state index contributed by atoms with van der Waals surface area (Å²) in [5.41, 5.74) is 1.10. The van der Waals surface area contributed by atoms with Crippen molar-refractivity contribution in [2.75, 3.05) is 7.11 Å². The fourth-order valence-electron chi connectivity index (χ4n) is 2.03. The number of halogens is 2. The van der Waals surface area contributed by atoms with E-state index in [4.69, 9.17) is 4.74 Å². The first-order valence-electron chi connectivity index (χ1n) is 6.92. The first-order valence-corrected chi connectivity index (χ1v) is 6.92. The third-order valence-electron chi connectivity index (χ3n) is 3.10. The Balaban J connectivity index is 2.18. The SMILES string of the molecule is CCn1nccc1C(=O)/C=C/c1ccc(OC(F)F)c(OC)c1. The molecule has 7 heteroatoms. The van der Waals surface area contributed by atoms with Gasteiger partial charge in [-0.1, -0.05) is 12.1 Å². The maximum Gasteiger partial charge on any atom is 0.387 e. The van der Waals surface area contributed by atoms with Crippen molar-refractivity contribution in [3.05, 3.63) is 47.8 Å². The lowest BCUT2D eigenvalue weighted by Crippen LogP contribution is -2.07. The van der Waals surface area contributed by atoms with Crippen molar-refractivity contribution in [1.82, 2.24) is 9.78 Å². The second-order valence-corrected chi connectivity index (χ2v) is 4.52. The molecule has 0 aliphatic rings. The number of alkyl halides is 2. The number of carbonyl (C=O) groups excluding carboxylic acids is 1. The molecule has 1 heterocycles. The van der Waals surface area contributed by atoms with Crippen LogP contribution in [0.5, 0.6) is 11.5 Å². The van der Waals surface area contributed by atoms with E-state index in [9.17, 15) is 13.6 Å². The fraction of sp³-hybridized carbons (Fsp3) is 0.250. The van der Waals surface area contributed by atoms with Crippen LogP contribution in [-0.4, -0.2) is 29.3 Å². The lowest BCUT2D eigenvalue weighted by molar-refractivity contribution is -0.0512. The standard InChI is InChI=1S/C16H16F2N2O3/c1-3-20-12(8-9-19-20)13(21)6-4-11-5-7-14(23-16(17)18)15(10-11)22-2/h4-10,16H,3H2,1-2H3/b6-4+. The minimum atomic E-state index is -2.93. The third kappa shape index (κ3) is 4.15. The van der Waals surface area contributed by atoms with Crippen molar-refractivity contribution in [2.45, 2.75) is 20.1 Å². The van der Waals surface area contributed by atoms with Crippen LogP contribution in [0, 0.1) is 0 Å². The van der Waals surface area contributed by atoms with Gasteiger partial charge in [-0.05, 0) is 36.8 Å². The summed E-state index contributed by atoms with van der Waals surface area (Å²) in [6.45, 7) is -0.448. The molecule has 1 aromatic heterocycles. The van der Waals surface area contributed by atoms with E-state index in [1.165, 1.54) is 25.3 Å². The number of benzene rings is 1. The van der Waals surface area contributed by atoms with Gasteiger partial charge in [-0.3, -0.25) is 9.48 Å². The van der Waals surface area contributed by atoms with E-state index in [1.54, 1.807) is 29.1 Å². The number of carbonyl (C=O) groups is 1. The summed E-state index contributed by atoms with van der Waals surface area (Å²) in [7, 11) is 1.35. The average Bonchev–Trinajstić information content (AvgIpc) is 3.01. The van der Waals surface area contributed by atoms with E-state index < -0.39 is 6.61 Å². The van der Waals surface area contributed by atoms with Crippen LogP contribution in [-0.2, 0) is 6.54 Å². The number of ether oxygens (including phenoxy) is 2. The maximum atomic E-state index is 12.3. The summed E-state index contributed by atoms with van der Waals surface area (Å²) >= 11 is 0. The Hall–Kier alpha value is -2.70. The zero-order valence-corrected chi connectivity index (χ0v) is 12.7. The summed E-state index contributed by atoms with van der Waals surface area (Å²) in [5, 5.41) is 4.03. The molecular formula is C16H16F2N2O3. The highest BCUT2D eigenvalue weighted by molar-refractivity contribution is 6.05. The number of aryl methyl sites for hydroxylation is 1. The van der Waals surface area contributed by atoms with Crippen molar-refractivity contribution in [3.8, 4) is 11.5 Å². The normalized spacial score (nSPS) is 11.2. The van der Waals surface area contributed by atoms with E-state index in [1.807, 2.05) is 6.92 Å². The summed E-state index contributed by atoms with van der Waals surface area (Å²) < 4.78 is 35.5. The van der Waals surface area contributed by atoms with Crippen molar-refractivity contribution < 1.29 is 23.0 Å². The predicted molar refractivity (Wildman–Crippen MR) is 80.9 cm³/mol. The average molecular weight is 322 g/mol. The lowest BCUT2D eigenvalue weighted by atomic mass is 10.1. The van der Waals surface area contributed by atoms with Crippen LogP contribution in [0.4, 0.5) is 8.78 Å². The summed E-state index contributed by atoms with van der Waals surface area (Å²) in [6, 6.07) is 6.07. The van der Waals surface area contributed by atoms with Crippen LogP contribution in [0.3, 0.4) is 0 Å². The smallest absolute Gasteiger partial charge is 0.387 e. The van der Waals surface area contributed by atoms with Crippen LogP contribution in [0.15, 0.2) is 36.5 Å². The van der Waals surface area contributed by atoms with Crippen molar-refractivity contribution >= 4 is 11.9 Å². The van der Waals surface area contributed by atoms with Gasteiger partial charge in [0.15, 0.2) is 11.5 Å². The van der Waals surface area contributed by atoms with Gasteiger partial charge >= 0.3 is 6.61 Å². The minimum absolute atomic E-state index is 0.0602. The Labute approximate surface area is 132 Å². The van der Waals surface area contributed by atoms with Gasteiger partial charge < -0.3 is 9.47 Å². The first-order chi connectivity index (χ1) is 11.0. The molecule has 0 amide bonds. The zero-order chi connectivity index (χ0) is 16.8. The van der Waals surface area contributed by atoms with Gasteiger partial charge in [0.1, 0.15) is 5.69 Å². The topological polar surface area (TPSA) is 53.4 Å². The molecule has 5 nitrogen and oxygen atoms in total. The molecule has 122 valence electrons. The molecule has 0 spiro atoms. The molecule has 2 aromatic rings. The molecule has 0 unspecified atom stereocenters. The van der Waals surface area contributed by atoms with Gasteiger partial charge in [0, 0.05) is 12.7 Å². The van der Waals surface area contributed by atoms with Crippen molar-refractivity contribution in [2.24, 2.45) is 0 Å². The Bertz CT molecular complexity index is 711. The lowest BCUT2D eigenvalue weighted by Gasteiger charge is -2.10. The molecule has 0 aliphatic carbocycles. The second kappa shape index (κ2) is 7.53. The fourth-order valence-corrected chi connectivity index (χ4v) is 2.03. The molecule has 0 radical (unpaired) electrons. The van der Waals surface area contributed by atoms with Crippen molar-refractivity contribution in [1.29, 1.82) is 0 Å². The maximum absolute atomic E-state index is 12.3. The highest BCUT2D eigenvalue weighted by atomic mass is 19.3. The summed E-state index contributed by atoms with van der Waals surface area (Å²) in [4.78, 5) is 12.1. The van der Waals surface area contributed by atoms with Gasteiger partial charge in [-0.2, -0.15) is 13.9 Å². The number of rotatable bonds is 7. The number of nitrogens with zero attached hydrogens (tertiary/aromatic N) is 2. The zero-order valence-electron chi connectivity index (χ0n) is 12.7. The second-order valence-electron chi connectivity index (χ2n) is 4.52. The van der Waals surface area contributed by atoms with Gasteiger partial charge in [0.25, 0.3) is 0 Å². The van der Waals surface area contributed by atoms with E-state index in [-0.39, 0.29) is 17.3 Å². The van der Waals surface area contributed by atoms with E-state index in [0.29, 0.717) is 17.8 Å². The van der Waals surface area contributed by atoms with Gasteiger partial charge in [-0.25, -0.2) is 0 Å². The molecule has 2 rings (SSSR count). The highest BCUT2D eigenvalue weighted by Crippen LogP contribution is 2.29. The third-order valence-corrected chi connectivity index (χ3v) is 3.10. The molecule has 0 saturated heterocycles. The van der Waals surface area contributed by atoms with Crippen LogP contribution in [0.1, 0.15) is 23.0 Å². The predicted octanol–water partition coefficient (Wildman–Crippen LogP) is 3.41. The minimum Gasteiger partial charge on any atom is -0.493 e. The van der Waals surface area contributed by atoms with Crippen LogP contribution in [0.25, 0.3) is 6.08 Å². The number of hydrogen-bond donors (Lipinski definition) is 0. The van der Waals surface area contributed by atoms with E-state index >= 15 is 0 Å². The summed E-state index contributed by atoms with van der Waals surface area (Å²) in [6.07, 6.45) is 4.53. The first kappa shape index (κ1) is 16.7. The molecule has 0 bridgehead atoms. The van der Waals surface area contributed by atoms with Gasteiger partial charge in [0.05, 0.1) is 7.11 Å². The number of methoxy groups -OCH3 is 1. The van der Waals surface area contributed by atoms with Gasteiger partial charge in [-0.15, -0.1) is 0 Å². The Morgan fingerprint density at radius 3 is 2.78 bits per heavy atom. The van der Waals surface area contributed by atoms with E-state index in [0.717, 1.165) is 0 Å².